The Morgan fingerprint density at radius 1 is 1.33 bits per heavy atom. The van der Waals surface area contributed by atoms with Gasteiger partial charge < -0.3 is 24.4 Å². The largest absolute Gasteiger partial charge is 0.390 e. The minimum atomic E-state index is -1.48. The van der Waals surface area contributed by atoms with Crippen LogP contribution in [0.5, 0.6) is 0 Å². The van der Waals surface area contributed by atoms with Crippen LogP contribution in [0.4, 0.5) is 0 Å². The Balaban J connectivity index is 1.96. The normalized spacial score (nSPS) is 30.8. The number of methoxy groups -OCH3 is 1. The van der Waals surface area contributed by atoms with Crippen LogP contribution >= 0.6 is 0 Å². The van der Waals surface area contributed by atoms with Crippen molar-refractivity contribution in [2.24, 2.45) is 0 Å². The zero-order chi connectivity index (χ0) is 17.4. The lowest BCUT2D eigenvalue weighted by atomic mass is 9.95. The zero-order valence-electron chi connectivity index (χ0n) is 14.4. The number of hydrogen-bond acceptors (Lipinski definition) is 5. The van der Waals surface area contributed by atoms with Crippen molar-refractivity contribution in [3.63, 3.8) is 0 Å². The summed E-state index contributed by atoms with van der Waals surface area (Å²) in [5, 5.41) is 20.9. The summed E-state index contributed by atoms with van der Waals surface area (Å²) in [6.45, 7) is 2.73. The number of unbranched alkanes of at least 4 members (excludes halogenated alkanes) is 1. The molecule has 0 bridgehead atoms. The van der Waals surface area contributed by atoms with Gasteiger partial charge in [0.25, 0.3) is 0 Å². The van der Waals surface area contributed by atoms with Crippen LogP contribution < -0.4 is 0 Å². The van der Waals surface area contributed by atoms with Crippen molar-refractivity contribution in [1.82, 2.24) is 0 Å². The van der Waals surface area contributed by atoms with E-state index in [-0.39, 0.29) is 13.0 Å². The molecular weight excluding hydrogens is 308 g/mol. The first kappa shape index (κ1) is 19.1. The molecule has 4 atom stereocenters. The molecule has 1 aromatic carbocycles. The molecule has 134 valence electrons. The van der Waals surface area contributed by atoms with Crippen LogP contribution in [0, 0.1) is 0 Å². The second-order valence-electron chi connectivity index (χ2n) is 6.16. The predicted molar refractivity (Wildman–Crippen MR) is 91.4 cm³/mol. The number of rotatable bonds is 8. The third-order valence-corrected chi connectivity index (χ3v) is 4.10. The third kappa shape index (κ3) is 5.40. The molecule has 0 aliphatic carbocycles. The molecule has 5 heteroatoms. The molecule has 1 aromatic rings. The summed E-state index contributed by atoms with van der Waals surface area (Å²) in [5.74, 6) is -1.48. The Morgan fingerprint density at radius 2 is 2.08 bits per heavy atom. The average molecular weight is 336 g/mol. The Labute approximate surface area is 143 Å². The molecule has 24 heavy (non-hydrogen) atoms. The van der Waals surface area contributed by atoms with Crippen molar-refractivity contribution < 1.29 is 24.4 Å². The van der Waals surface area contributed by atoms with Crippen LogP contribution in [-0.4, -0.2) is 48.0 Å². The van der Waals surface area contributed by atoms with E-state index in [0.717, 1.165) is 18.4 Å². The molecule has 5 nitrogen and oxygen atoms in total. The van der Waals surface area contributed by atoms with Gasteiger partial charge in [0.05, 0.1) is 19.3 Å². The lowest BCUT2D eigenvalue weighted by molar-refractivity contribution is -0.288. The fourth-order valence-electron chi connectivity index (χ4n) is 2.89. The number of benzene rings is 1. The fraction of sp³-hybridized carbons (Fsp3) is 0.579. The predicted octanol–water partition coefficient (Wildman–Crippen LogP) is 2.41. The van der Waals surface area contributed by atoms with Crippen molar-refractivity contribution in [1.29, 1.82) is 0 Å². The highest BCUT2D eigenvalue weighted by Gasteiger charge is 2.44. The summed E-state index contributed by atoms with van der Waals surface area (Å²) >= 11 is 0. The topological polar surface area (TPSA) is 68.2 Å². The van der Waals surface area contributed by atoms with Crippen molar-refractivity contribution in [2.45, 2.75) is 56.9 Å². The highest BCUT2D eigenvalue weighted by Crippen LogP contribution is 2.30. The molecule has 2 N–H and O–H groups in total. The SMILES string of the molecule is CCC/C=C/C1(O)CC(O)C(OC)C(COCc2ccccc2)O1. The molecule has 1 heterocycles. The second-order valence-corrected chi connectivity index (χ2v) is 6.16. The maximum atomic E-state index is 10.6. The van der Waals surface area contributed by atoms with Gasteiger partial charge in [-0.3, -0.25) is 0 Å². The molecular formula is C19H28O5. The highest BCUT2D eigenvalue weighted by molar-refractivity contribution is 5.13. The third-order valence-electron chi connectivity index (χ3n) is 4.10. The first-order chi connectivity index (χ1) is 11.6. The fourth-order valence-corrected chi connectivity index (χ4v) is 2.89. The second kappa shape index (κ2) is 9.30. The maximum absolute atomic E-state index is 10.6. The summed E-state index contributed by atoms with van der Waals surface area (Å²) in [4.78, 5) is 0. The van der Waals surface area contributed by atoms with E-state index in [9.17, 15) is 10.2 Å². The van der Waals surface area contributed by atoms with Gasteiger partial charge >= 0.3 is 0 Å². The monoisotopic (exact) mass is 336 g/mol. The Hall–Kier alpha value is -1.24. The minimum Gasteiger partial charge on any atom is -0.390 e. The average Bonchev–Trinajstić information content (AvgIpc) is 2.56. The molecule has 4 unspecified atom stereocenters. The molecule has 1 fully saturated rings. The molecule has 0 amide bonds. The minimum absolute atomic E-state index is 0.0842. The van der Waals surface area contributed by atoms with Gasteiger partial charge in [-0.05, 0) is 18.1 Å². The van der Waals surface area contributed by atoms with Crippen molar-refractivity contribution >= 4 is 0 Å². The van der Waals surface area contributed by atoms with Gasteiger partial charge in [0, 0.05) is 13.5 Å². The molecule has 0 saturated carbocycles. The van der Waals surface area contributed by atoms with E-state index in [2.05, 4.69) is 6.92 Å². The van der Waals surface area contributed by atoms with Crippen molar-refractivity contribution in [3.8, 4) is 0 Å². The smallest absolute Gasteiger partial charge is 0.188 e. The van der Waals surface area contributed by atoms with Crippen LogP contribution in [0.1, 0.15) is 31.7 Å². The van der Waals surface area contributed by atoms with E-state index in [4.69, 9.17) is 14.2 Å². The van der Waals surface area contributed by atoms with Crippen LogP contribution in [0.2, 0.25) is 0 Å². The summed E-state index contributed by atoms with van der Waals surface area (Å²) in [7, 11) is 1.53. The lowest BCUT2D eigenvalue weighted by Gasteiger charge is -2.42. The number of aliphatic hydroxyl groups is 2. The quantitative estimate of drug-likeness (QED) is 0.714. The van der Waals surface area contributed by atoms with E-state index in [1.165, 1.54) is 7.11 Å². The van der Waals surface area contributed by atoms with Gasteiger partial charge in [-0.25, -0.2) is 0 Å². The van der Waals surface area contributed by atoms with E-state index < -0.39 is 24.1 Å². The number of ether oxygens (including phenoxy) is 3. The van der Waals surface area contributed by atoms with Crippen LogP contribution in [0.15, 0.2) is 42.5 Å². The summed E-state index contributed by atoms with van der Waals surface area (Å²) in [6.07, 6.45) is 3.53. The Bertz CT molecular complexity index is 504. The van der Waals surface area contributed by atoms with Crippen LogP contribution in [-0.2, 0) is 20.8 Å². The van der Waals surface area contributed by atoms with Gasteiger partial charge in [-0.15, -0.1) is 0 Å². The van der Waals surface area contributed by atoms with E-state index in [0.29, 0.717) is 6.61 Å². The van der Waals surface area contributed by atoms with Crippen molar-refractivity contribution in [2.75, 3.05) is 13.7 Å². The van der Waals surface area contributed by atoms with E-state index in [1.807, 2.05) is 36.4 Å². The number of allylic oxidation sites excluding steroid dienone is 1. The lowest BCUT2D eigenvalue weighted by Crippen LogP contribution is -2.56. The summed E-state index contributed by atoms with van der Waals surface area (Å²) in [6, 6.07) is 9.82. The molecule has 1 aliphatic rings. The van der Waals surface area contributed by atoms with Gasteiger partial charge in [0.1, 0.15) is 12.2 Å². The Kier molecular flexibility index (Phi) is 7.40. The van der Waals surface area contributed by atoms with Crippen LogP contribution in [0.25, 0.3) is 0 Å². The summed E-state index contributed by atoms with van der Waals surface area (Å²) < 4.78 is 16.8. The zero-order valence-corrected chi connectivity index (χ0v) is 14.4. The maximum Gasteiger partial charge on any atom is 0.188 e. The molecule has 0 aromatic heterocycles. The van der Waals surface area contributed by atoms with Gasteiger partial charge in [0.15, 0.2) is 5.79 Å². The highest BCUT2D eigenvalue weighted by atomic mass is 16.7. The number of aliphatic hydroxyl groups excluding tert-OH is 1. The van der Waals surface area contributed by atoms with E-state index >= 15 is 0 Å². The summed E-state index contributed by atoms with van der Waals surface area (Å²) in [5.41, 5.74) is 1.06. The standard InChI is InChI=1S/C19H28O5/c1-3-4-8-11-19(21)12-16(20)18(22-2)17(24-19)14-23-13-15-9-6-5-7-10-15/h5-11,16-18,20-21H,3-4,12-14H2,1-2H3/b11-8+. The first-order valence-electron chi connectivity index (χ1n) is 8.48. The molecule has 0 spiro atoms. The van der Waals surface area contributed by atoms with Gasteiger partial charge in [0.2, 0.25) is 0 Å². The van der Waals surface area contributed by atoms with Crippen LogP contribution in [0.3, 0.4) is 0 Å². The first-order valence-corrected chi connectivity index (χ1v) is 8.48. The molecule has 1 aliphatic heterocycles. The molecule has 0 radical (unpaired) electrons. The van der Waals surface area contributed by atoms with Gasteiger partial charge in [-0.2, -0.15) is 0 Å². The van der Waals surface area contributed by atoms with Crippen molar-refractivity contribution in [3.05, 3.63) is 48.0 Å². The van der Waals surface area contributed by atoms with E-state index in [1.54, 1.807) is 6.08 Å². The Morgan fingerprint density at radius 3 is 2.75 bits per heavy atom. The molecule has 2 rings (SSSR count). The van der Waals surface area contributed by atoms with Gasteiger partial charge in [-0.1, -0.05) is 49.8 Å². The molecule has 1 saturated heterocycles. The number of hydrogen-bond donors (Lipinski definition) is 2.